The number of rotatable bonds is 4. The van der Waals surface area contributed by atoms with E-state index in [0.717, 1.165) is 17.2 Å². The summed E-state index contributed by atoms with van der Waals surface area (Å²) in [5.41, 5.74) is 0.781. The second kappa shape index (κ2) is 4.45. The number of methoxy groups -OCH3 is 1. The summed E-state index contributed by atoms with van der Waals surface area (Å²) < 4.78 is 16.1. The first kappa shape index (κ1) is 12.0. The van der Waals surface area contributed by atoms with Gasteiger partial charge in [0.1, 0.15) is 0 Å². The third kappa shape index (κ3) is 2.47. The third-order valence-corrected chi connectivity index (χ3v) is 3.32. The molecule has 0 saturated carbocycles. The Hall–Kier alpha value is -1.42. The van der Waals surface area contributed by atoms with Gasteiger partial charge in [-0.1, -0.05) is 0 Å². The molecule has 1 N–H and O–H groups in total. The highest BCUT2D eigenvalue weighted by molar-refractivity contribution is 5.56. The zero-order valence-corrected chi connectivity index (χ0v) is 10.7. The number of hydrogen-bond donors (Lipinski definition) is 1. The summed E-state index contributed by atoms with van der Waals surface area (Å²) in [7, 11) is 1.72. The van der Waals surface area contributed by atoms with Crippen molar-refractivity contribution < 1.29 is 14.2 Å². The van der Waals surface area contributed by atoms with Gasteiger partial charge >= 0.3 is 0 Å². The first-order valence-corrected chi connectivity index (χ1v) is 5.74. The van der Waals surface area contributed by atoms with Crippen LogP contribution in [0.2, 0.25) is 0 Å². The number of anilines is 1. The Morgan fingerprint density at radius 1 is 1.29 bits per heavy atom. The van der Waals surface area contributed by atoms with E-state index in [1.54, 1.807) is 7.11 Å². The SMILES string of the molecule is COC(C)(C)C(C)Nc1ccc2c(c1)OCO2. The Morgan fingerprint density at radius 2 is 2.00 bits per heavy atom. The van der Waals surface area contributed by atoms with Crippen molar-refractivity contribution in [1.82, 2.24) is 0 Å². The van der Waals surface area contributed by atoms with E-state index in [2.05, 4.69) is 26.1 Å². The van der Waals surface area contributed by atoms with Gasteiger partial charge in [0.2, 0.25) is 6.79 Å². The number of fused-ring (bicyclic) bond motifs is 1. The Balaban J connectivity index is 2.09. The molecular formula is C13H19NO3. The van der Waals surface area contributed by atoms with Crippen LogP contribution in [0, 0.1) is 0 Å². The smallest absolute Gasteiger partial charge is 0.231 e. The zero-order valence-electron chi connectivity index (χ0n) is 10.7. The maximum absolute atomic E-state index is 5.45. The topological polar surface area (TPSA) is 39.7 Å². The largest absolute Gasteiger partial charge is 0.454 e. The lowest BCUT2D eigenvalue weighted by atomic mass is 10.00. The molecule has 1 aliphatic heterocycles. The second-order valence-corrected chi connectivity index (χ2v) is 4.74. The molecule has 1 aromatic rings. The van der Waals surface area contributed by atoms with Gasteiger partial charge in [-0.05, 0) is 32.9 Å². The van der Waals surface area contributed by atoms with E-state index in [0.29, 0.717) is 6.79 Å². The molecule has 17 heavy (non-hydrogen) atoms. The molecule has 1 unspecified atom stereocenters. The van der Waals surface area contributed by atoms with Crippen LogP contribution < -0.4 is 14.8 Å². The van der Waals surface area contributed by atoms with E-state index in [1.165, 1.54) is 0 Å². The quantitative estimate of drug-likeness (QED) is 0.874. The monoisotopic (exact) mass is 237 g/mol. The molecular weight excluding hydrogens is 218 g/mol. The lowest BCUT2D eigenvalue weighted by molar-refractivity contribution is 0.0107. The molecule has 0 amide bonds. The van der Waals surface area contributed by atoms with E-state index in [4.69, 9.17) is 14.2 Å². The number of benzene rings is 1. The Kier molecular flexibility index (Phi) is 3.15. The summed E-state index contributed by atoms with van der Waals surface area (Å²) in [6, 6.07) is 6.03. The van der Waals surface area contributed by atoms with Gasteiger partial charge in [-0.2, -0.15) is 0 Å². The molecule has 0 aliphatic carbocycles. The summed E-state index contributed by atoms with van der Waals surface area (Å²) in [6.07, 6.45) is 0. The van der Waals surface area contributed by atoms with Gasteiger partial charge in [0, 0.05) is 18.9 Å². The van der Waals surface area contributed by atoms with Crippen LogP contribution in [-0.4, -0.2) is 25.5 Å². The van der Waals surface area contributed by atoms with E-state index in [9.17, 15) is 0 Å². The molecule has 2 rings (SSSR count). The van der Waals surface area contributed by atoms with Gasteiger partial charge in [0.05, 0.1) is 11.6 Å². The predicted molar refractivity (Wildman–Crippen MR) is 66.7 cm³/mol. The summed E-state index contributed by atoms with van der Waals surface area (Å²) in [4.78, 5) is 0. The lowest BCUT2D eigenvalue weighted by Gasteiger charge is -2.31. The van der Waals surface area contributed by atoms with Gasteiger partial charge in [-0.25, -0.2) is 0 Å². The van der Waals surface area contributed by atoms with E-state index in [1.807, 2.05) is 18.2 Å². The second-order valence-electron chi connectivity index (χ2n) is 4.74. The normalized spacial score (nSPS) is 15.8. The van der Waals surface area contributed by atoms with Gasteiger partial charge in [-0.15, -0.1) is 0 Å². The van der Waals surface area contributed by atoms with Crippen LogP contribution in [0.3, 0.4) is 0 Å². The highest BCUT2D eigenvalue weighted by Crippen LogP contribution is 2.34. The van der Waals surface area contributed by atoms with E-state index in [-0.39, 0.29) is 11.6 Å². The minimum atomic E-state index is -0.226. The summed E-state index contributed by atoms with van der Waals surface area (Å²) in [6.45, 7) is 6.50. The van der Waals surface area contributed by atoms with Crippen molar-refractivity contribution in [3.8, 4) is 11.5 Å². The van der Waals surface area contributed by atoms with Crippen LogP contribution >= 0.6 is 0 Å². The number of hydrogen-bond acceptors (Lipinski definition) is 4. The maximum atomic E-state index is 5.45. The first-order valence-electron chi connectivity index (χ1n) is 5.74. The number of nitrogens with one attached hydrogen (secondary N) is 1. The standard InChI is InChI=1S/C13H19NO3/c1-9(13(2,3)15-4)14-10-5-6-11-12(7-10)17-8-16-11/h5-7,9,14H,8H2,1-4H3. The van der Waals surface area contributed by atoms with Gasteiger partial charge in [0.15, 0.2) is 11.5 Å². The summed E-state index contributed by atoms with van der Waals surface area (Å²) >= 11 is 0. The van der Waals surface area contributed by atoms with Crippen molar-refractivity contribution in [2.24, 2.45) is 0 Å². The van der Waals surface area contributed by atoms with E-state index >= 15 is 0 Å². The zero-order chi connectivity index (χ0) is 12.5. The molecule has 0 fully saturated rings. The van der Waals surface area contributed by atoms with Crippen molar-refractivity contribution in [3.05, 3.63) is 18.2 Å². The minimum Gasteiger partial charge on any atom is -0.454 e. The molecule has 0 bridgehead atoms. The molecule has 1 atom stereocenters. The van der Waals surface area contributed by atoms with Crippen LogP contribution in [0.5, 0.6) is 11.5 Å². The molecule has 4 nitrogen and oxygen atoms in total. The molecule has 1 heterocycles. The van der Waals surface area contributed by atoms with Crippen LogP contribution in [0.1, 0.15) is 20.8 Å². The predicted octanol–water partition coefficient (Wildman–Crippen LogP) is 2.64. The average molecular weight is 237 g/mol. The summed E-state index contributed by atoms with van der Waals surface area (Å²) in [5.74, 6) is 1.59. The van der Waals surface area contributed by atoms with Crippen molar-refractivity contribution in [2.75, 3.05) is 19.2 Å². The van der Waals surface area contributed by atoms with Gasteiger partial charge in [-0.3, -0.25) is 0 Å². The molecule has 0 spiro atoms. The van der Waals surface area contributed by atoms with Crippen LogP contribution in [0.4, 0.5) is 5.69 Å². The molecule has 0 aromatic heterocycles. The van der Waals surface area contributed by atoms with Crippen molar-refractivity contribution in [2.45, 2.75) is 32.4 Å². The van der Waals surface area contributed by atoms with Crippen molar-refractivity contribution >= 4 is 5.69 Å². The van der Waals surface area contributed by atoms with Crippen molar-refractivity contribution in [1.29, 1.82) is 0 Å². The fourth-order valence-electron chi connectivity index (χ4n) is 1.59. The van der Waals surface area contributed by atoms with Crippen molar-refractivity contribution in [3.63, 3.8) is 0 Å². The van der Waals surface area contributed by atoms with E-state index < -0.39 is 0 Å². The molecule has 94 valence electrons. The summed E-state index contributed by atoms with van der Waals surface area (Å²) in [5, 5.41) is 3.40. The van der Waals surface area contributed by atoms with Crippen LogP contribution in [-0.2, 0) is 4.74 Å². The average Bonchev–Trinajstić information content (AvgIpc) is 2.76. The molecule has 0 radical (unpaired) electrons. The fourth-order valence-corrected chi connectivity index (χ4v) is 1.59. The first-order chi connectivity index (χ1) is 8.03. The molecule has 1 aromatic carbocycles. The molecule has 1 aliphatic rings. The Morgan fingerprint density at radius 3 is 2.71 bits per heavy atom. The maximum Gasteiger partial charge on any atom is 0.231 e. The highest BCUT2D eigenvalue weighted by atomic mass is 16.7. The number of ether oxygens (including phenoxy) is 3. The van der Waals surface area contributed by atoms with Gasteiger partial charge < -0.3 is 19.5 Å². The van der Waals surface area contributed by atoms with Crippen LogP contribution in [0.25, 0.3) is 0 Å². The fraction of sp³-hybridized carbons (Fsp3) is 0.538. The molecule has 4 heteroatoms. The third-order valence-electron chi connectivity index (χ3n) is 3.32. The Labute approximate surface area is 102 Å². The molecule has 0 saturated heterocycles. The Bertz CT molecular complexity index is 404. The van der Waals surface area contributed by atoms with Crippen LogP contribution in [0.15, 0.2) is 18.2 Å². The minimum absolute atomic E-state index is 0.188. The van der Waals surface area contributed by atoms with Gasteiger partial charge in [0.25, 0.3) is 0 Å². The highest BCUT2D eigenvalue weighted by Gasteiger charge is 2.25. The lowest BCUT2D eigenvalue weighted by Crippen LogP contribution is -2.41.